The molecule has 5 nitrogen and oxygen atoms in total. The number of hydrogen-bond donors (Lipinski definition) is 2. The van der Waals surface area contributed by atoms with E-state index in [9.17, 15) is 27.9 Å². The third-order valence-electron chi connectivity index (χ3n) is 4.49. The smallest absolute Gasteiger partial charge is 0.480 e. The van der Waals surface area contributed by atoms with Gasteiger partial charge in [-0.1, -0.05) is 42.5 Å². The first-order valence-electron chi connectivity index (χ1n) is 8.64. The van der Waals surface area contributed by atoms with Crippen LogP contribution in [0.25, 0.3) is 11.1 Å². The predicted molar refractivity (Wildman–Crippen MR) is 106 cm³/mol. The van der Waals surface area contributed by atoms with E-state index in [1.54, 1.807) is 41.8 Å². The van der Waals surface area contributed by atoms with Crippen LogP contribution in [-0.4, -0.2) is 23.3 Å². The Balaban J connectivity index is 1.78. The molecule has 1 aromatic heterocycles. The van der Waals surface area contributed by atoms with Crippen molar-refractivity contribution in [1.29, 1.82) is 0 Å². The van der Waals surface area contributed by atoms with Gasteiger partial charge in [-0.05, 0) is 41.8 Å². The molecular formula is C21H16F3NO4S. The number of benzene rings is 2. The molecule has 2 N–H and O–H groups in total. The Labute approximate surface area is 173 Å². The molecule has 0 aliphatic rings. The lowest BCUT2D eigenvalue weighted by Crippen LogP contribution is -2.44. The average Bonchev–Trinajstić information content (AvgIpc) is 3.15. The summed E-state index contributed by atoms with van der Waals surface area (Å²) in [4.78, 5) is 24.7. The Bertz CT molecular complexity index is 1050. The van der Waals surface area contributed by atoms with E-state index in [0.29, 0.717) is 21.7 Å². The van der Waals surface area contributed by atoms with Crippen LogP contribution in [0, 0.1) is 0 Å². The van der Waals surface area contributed by atoms with Crippen molar-refractivity contribution in [1.82, 2.24) is 0 Å². The normalized spacial score (nSPS) is 13.3. The van der Waals surface area contributed by atoms with Gasteiger partial charge >= 0.3 is 12.3 Å². The number of hydrogen-bond acceptors (Lipinski definition) is 4. The van der Waals surface area contributed by atoms with Crippen LogP contribution in [0.3, 0.4) is 0 Å². The van der Waals surface area contributed by atoms with Crippen LogP contribution in [-0.2, 0) is 15.0 Å². The number of carbonyl (C=O) groups is 2. The lowest BCUT2D eigenvalue weighted by molar-refractivity contribution is -0.274. The summed E-state index contributed by atoms with van der Waals surface area (Å²) in [5.74, 6) is -2.33. The molecule has 0 spiro atoms. The van der Waals surface area contributed by atoms with Crippen LogP contribution in [0.4, 0.5) is 18.2 Å². The van der Waals surface area contributed by atoms with Crippen molar-refractivity contribution in [3.05, 3.63) is 71.6 Å². The van der Waals surface area contributed by atoms with Crippen LogP contribution in [0.1, 0.15) is 12.5 Å². The van der Waals surface area contributed by atoms with Gasteiger partial charge in [-0.2, -0.15) is 0 Å². The van der Waals surface area contributed by atoms with Gasteiger partial charge in [-0.25, -0.2) is 0 Å². The van der Waals surface area contributed by atoms with Crippen LogP contribution < -0.4 is 10.1 Å². The molecule has 30 heavy (non-hydrogen) atoms. The number of amides is 1. The SMILES string of the molecule is CC(C(=O)O)(C(=O)Nc1cc(-c2ccc(OC(F)(F)F)cc2)cs1)c1ccccc1. The summed E-state index contributed by atoms with van der Waals surface area (Å²) >= 11 is 1.17. The van der Waals surface area contributed by atoms with Crippen LogP contribution >= 0.6 is 11.3 Å². The molecule has 0 fully saturated rings. The highest BCUT2D eigenvalue weighted by atomic mass is 32.1. The topological polar surface area (TPSA) is 75.6 Å². The second kappa shape index (κ2) is 8.19. The second-order valence-corrected chi connectivity index (χ2v) is 7.43. The maximum Gasteiger partial charge on any atom is 0.573 e. The fourth-order valence-corrected chi connectivity index (χ4v) is 3.57. The summed E-state index contributed by atoms with van der Waals surface area (Å²) in [5, 5.41) is 14.4. The summed E-state index contributed by atoms with van der Waals surface area (Å²) in [7, 11) is 0. The number of carboxylic acids is 1. The molecule has 0 radical (unpaired) electrons. The second-order valence-electron chi connectivity index (χ2n) is 6.52. The van der Waals surface area contributed by atoms with Crippen molar-refractivity contribution in [2.75, 3.05) is 5.32 Å². The molecule has 3 aromatic rings. The maximum absolute atomic E-state index is 12.8. The van der Waals surface area contributed by atoms with Gasteiger partial charge in [0.05, 0.1) is 5.00 Å². The summed E-state index contributed by atoms with van der Waals surface area (Å²) in [6.45, 7) is 1.33. The van der Waals surface area contributed by atoms with Gasteiger partial charge in [0.2, 0.25) is 5.91 Å². The van der Waals surface area contributed by atoms with E-state index in [2.05, 4.69) is 10.1 Å². The largest absolute Gasteiger partial charge is 0.573 e. The number of anilines is 1. The Kier molecular flexibility index (Phi) is 5.84. The first kappa shape index (κ1) is 21.4. The van der Waals surface area contributed by atoms with Crippen molar-refractivity contribution in [3.63, 3.8) is 0 Å². The lowest BCUT2D eigenvalue weighted by atomic mass is 9.81. The molecule has 1 amide bonds. The highest BCUT2D eigenvalue weighted by Gasteiger charge is 2.43. The van der Waals surface area contributed by atoms with Crippen LogP contribution in [0.2, 0.25) is 0 Å². The number of carboxylic acid groups (broad SMARTS) is 1. The van der Waals surface area contributed by atoms with E-state index >= 15 is 0 Å². The molecule has 3 rings (SSSR count). The Morgan fingerprint density at radius 3 is 2.20 bits per heavy atom. The van der Waals surface area contributed by atoms with E-state index in [1.165, 1.54) is 42.5 Å². The molecule has 0 saturated heterocycles. The minimum atomic E-state index is -4.77. The number of aliphatic carboxylic acids is 1. The average molecular weight is 435 g/mol. The highest BCUT2D eigenvalue weighted by molar-refractivity contribution is 7.14. The quantitative estimate of drug-likeness (QED) is 0.516. The molecule has 9 heteroatoms. The number of halogens is 3. The molecule has 2 aromatic carbocycles. The molecule has 0 saturated carbocycles. The predicted octanol–water partition coefficient (Wildman–Crippen LogP) is 5.29. The van der Waals surface area contributed by atoms with Gasteiger partial charge in [0.1, 0.15) is 5.75 Å². The van der Waals surface area contributed by atoms with Gasteiger partial charge in [0, 0.05) is 5.38 Å². The molecule has 0 aliphatic carbocycles. The summed E-state index contributed by atoms with van der Waals surface area (Å²) in [5.41, 5.74) is -0.176. The number of thiophene rings is 1. The van der Waals surface area contributed by atoms with Crippen LogP contribution in [0.5, 0.6) is 5.75 Å². The number of rotatable bonds is 6. The summed E-state index contributed by atoms with van der Waals surface area (Å²) in [6, 6.07) is 15.1. The van der Waals surface area contributed by atoms with E-state index in [4.69, 9.17) is 0 Å². The first-order valence-corrected chi connectivity index (χ1v) is 9.52. The first-order chi connectivity index (χ1) is 14.1. The maximum atomic E-state index is 12.8. The number of alkyl halides is 3. The fourth-order valence-electron chi connectivity index (χ4n) is 2.76. The molecule has 1 heterocycles. The third kappa shape index (κ3) is 4.62. The van der Waals surface area contributed by atoms with E-state index in [0.717, 1.165) is 0 Å². The summed E-state index contributed by atoms with van der Waals surface area (Å²) < 4.78 is 40.6. The van der Waals surface area contributed by atoms with E-state index in [1.807, 2.05) is 0 Å². The van der Waals surface area contributed by atoms with E-state index < -0.39 is 23.7 Å². The molecule has 1 unspecified atom stereocenters. The summed E-state index contributed by atoms with van der Waals surface area (Å²) in [6.07, 6.45) is -4.77. The number of nitrogens with one attached hydrogen (secondary N) is 1. The molecule has 0 bridgehead atoms. The standard InChI is InChI=1S/C21H16F3NO4S/c1-20(19(27)28,15-5-3-2-4-6-15)18(26)25-17-11-14(12-30-17)13-7-9-16(10-8-13)29-21(22,23)24/h2-12H,1H3,(H,25,26)(H,27,28). The zero-order valence-corrected chi connectivity index (χ0v) is 16.4. The number of ether oxygens (including phenoxy) is 1. The zero-order valence-electron chi connectivity index (χ0n) is 15.6. The molecule has 1 atom stereocenters. The molecule has 156 valence electrons. The van der Waals surface area contributed by atoms with Crippen molar-refractivity contribution in [2.45, 2.75) is 18.7 Å². The van der Waals surface area contributed by atoms with Crippen molar-refractivity contribution in [2.24, 2.45) is 0 Å². The van der Waals surface area contributed by atoms with E-state index in [-0.39, 0.29) is 5.75 Å². The van der Waals surface area contributed by atoms with Gasteiger partial charge in [-0.15, -0.1) is 24.5 Å². The van der Waals surface area contributed by atoms with Gasteiger partial charge in [-0.3, -0.25) is 9.59 Å². The molecular weight excluding hydrogens is 419 g/mol. The minimum absolute atomic E-state index is 0.338. The number of carbonyl (C=O) groups excluding carboxylic acids is 1. The Hall–Kier alpha value is -3.33. The third-order valence-corrected chi connectivity index (χ3v) is 5.34. The van der Waals surface area contributed by atoms with Crippen molar-refractivity contribution in [3.8, 4) is 16.9 Å². The minimum Gasteiger partial charge on any atom is -0.480 e. The van der Waals surface area contributed by atoms with Crippen molar-refractivity contribution >= 4 is 28.2 Å². The monoisotopic (exact) mass is 435 g/mol. The Morgan fingerprint density at radius 2 is 1.63 bits per heavy atom. The highest BCUT2D eigenvalue weighted by Crippen LogP contribution is 2.33. The fraction of sp³-hybridized carbons (Fsp3) is 0.143. The zero-order chi connectivity index (χ0) is 21.9. The lowest BCUT2D eigenvalue weighted by Gasteiger charge is -2.23. The van der Waals surface area contributed by atoms with Gasteiger partial charge < -0.3 is 15.2 Å². The van der Waals surface area contributed by atoms with Crippen molar-refractivity contribution < 1.29 is 32.6 Å². The van der Waals surface area contributed by atoms with Gasteiger partial charge in [0.25, 0.3) is 0 Å². The molecule has 0 aliphatic heterocycles. The van der Waals surface area contributed by atoms with Crippen LogP contribution in [0.15, 0.2) is 66.0 Å². The Morgan fingerprint density at radius 1 is 1.00 bits per heavy atom. The van der Waals surface area contributed by atoms with Gasteiger partial charge in [0.15, 0.2) is 5.41 Å².